The van der Waals surface area contributed by atoms with E-state index in [9.17, 15) is 14.4 Å². The summed E-state index contributed by atoms with van der Waals surface area (Å²) in [5.74, 6) is 0.132. The van der Waals surface area contributed by atoms with Crippen LogP contribution in [0, 0.1) is 30.0 Å². The number of halogens is 1. The standard InChI is InChI=1S/C21H23FN4O/c1-14-10-17(22)11-18-19(14)24-13-16(12-23)20(18)25-6-8-26(9-7-25)21(27)15-4-2-3-5-15/h10-11,13,15H,2-9H2,1H3. The lowest BCUT2D eigenvalue weighted by Gasteiger charge is -2.38. The van der Waals surface area contributed by atoms with Gasteiger partial charge in [0.15, 0.2) is 0 Å². The van der Waals surface area contributed by atoms with E-state index in [2.05, 4.69) is 16.0 Å². The number of carbonyl (C=O) groups is 1. The van der Waals surface area contributed by atoms with E-state index in [4.69, 9.17) is 0 Å². The molecule has 0 unspecified atom stereocenters. The number of nitriles is 1. The zero-order valence-corrected chi connectivity index (χ0v) is 15.5. The summed E-state index contributed by atoms with van der Waals surface area (Å²) in [7, 11) is 0. The molecule has 0 atom stereocenters. The van der Waals surface area contributed by atoms with E-state index < -0.39 is 0 Å². The Morgan fingerprint density at radius 1 is 1.22 bits per heavy atom. The third-order valence-electron chi connectivity index (χ3n) is 5.83. The molecular formula is C21H23FN4O. The first-order valence-corrected chi connectivity index (χ1v) is 9.61. The number of fused-ring (bicyclic) bond motifs is 1. The van der Waals surface area contributed by atoms with Gasteiger partial charge in [0.1, 0.15) is 11.9 Å². The number of pyridine rings is 1. The smallest absolute Gasteiger partial charge is 0.225 e. The van der Waals surface area contributed by atoms with Gasteiger partial charge in [0.25, 0.3) is 0 Å². The van der Waals surface area contributed by atoms with Gasteiger partial charge >= 0.3 is 0 Å². The van der Waals surface area contributed by atoms with Crippen molar-refractivity contribution >= 4 is 22.5 Å². The second kappa shape index (κ2) is 7.15. The second-order valence-electron chi connectivity index (χ2n) is 7.54. The lowest BCUT2D eigenvalue weighted by molar-refractivity contribution is -0.135. The van der Waals surface area contributed by atoms with E-state index in [1.165, 1.54) is 12.1 Å². The molecule has 1 saturated carbocycles. The van der Waals surface area contributed by atoms with E-state index in [0.717, 1.165) is 42.5 Å². The van der Waals surface area contributed by atoms with Crippen molar-refractivity contribution in [2.24, 2.45) is 5.92 Å². The topological polar surface area (TPSA) is 60.2 Å². The molecule has 1 saturated heterocycles. The highest BCUT2D eigenvalue weighted by atomic mass is 19.1. The van der Waals surface area contributed by atoms with Crippen molar-refractivity contribution in [3.8, 4) is 6.07 Å². The van der Waals surface area contributed by atoms with Crippen molar-refractivity contribution in [3.63, 3.8) is 0 Å². The molecule has 0 N–H and O–H groups in total. The molecule has 2 aromatic rings. The summed E-state index contributed by atoms with van der Waals surface area (Å²) in [5, 5.41) is 10.2. The number of aryl methyl sites for hydroxylation is 1. The Kier molecular flexibility index (Phi) is 4.69. The van der Waals surface area contributed by atoms with Gasteiger partial charge in [0.05, 0.1) is 16.8 Å². The molecule has 1 amide bonds. The highest BCUT2D eigenvalue weighted by Gasteiger charge is 2.30. The third kappa shape index (κ3) is 3.23. The highest BCUT2D eigenvalue weighted by Crippen LogP contribution is 2.33. The predicted molar refractivity (Wildman–Crippen MR) is 102 cm³/mol. The fourth-order valence-electron chi connectivity index (χ4n) is 4.43. The molecular weight excluding hydrogens is 343 g/mol. The van der Waals surface area contributed by atoms with Crippen LogP contribution in [0.5, 0.6) is 0 Å². The number of carbonyl (C=O) groups excluding carboxylic acids is 1. The van der Waals surface area contributed by atoms with Crippen LogP contribution in [0.1, 0.15) is 36.8 Å². The first-order chi connectivity index (χ1) is 13.1. The number of piperazine rings is 1. The van der Waals surface area contributed by atoms with Gasteiger partial charge in [-0.25, -0.2) is 4.39 Å². The van der Waals surface area contributed by atoms with Crippen molar-refractivity contribution in [1.82, 2.24) is 9.88 Å². The quantitative estimate of drug-likeness (QED) is 0.817. The van der Waals surface area contributed by atoms with Crippen LogP contribution in [0.3, 0.4) is 0 Å². The molecule has 0 spiro atoms. The largest absolute Gasteiger partial charge is 0.366 e. The zero-order valence-electron chi connectivity index (χ0n) is 15.5. The van der Waals surface area contributed by atoms with Gasteiger partial charge < -0.3 is 9.80 Å². The SMILES string of the molecule is Cc1cc(F)cc2c(N3CCN(C(=O)C4CCCC4)CC3)c(C#N)cnc12. The minimum absolute atomic E-state index is 0.185. The van der Waals surface area contributed by atoms with Crippen LogP contribution in [0.15, 0.2) is 18.3 Å². The van der Waals surface area contributed by atoms with Crippen LogP contribution in [-0.2, 0) is 4.79 Å². The average molecular weight is 366 g/mol. The first kappa shape index (κ1) is 17.7. The van der Waals surface area contributed by atoms with Crippen molar-refractivity contribution in [1.29, 1.82) is 5.26 Å². The fourth-order valence-corrected chi connectivity index (χ4v) is 4.43. The average Bonchev–Trinajstić information content (AvgIpc) is 3.21. The van der Waals surface area contributed by atoms with Crippen LogP contribution >= 0.6 is 0 Å². The molecule has 27 heavy (non-hydrogen) atoms. The molecule has 1 aliphatic carbocycles. The van der Waals surface area contributed by atoms with E-state index in [1.807, 2.05) is 11.8 Å². The summed E-state index contributed by atoms with van der Waals surface area (Å²) in [6.07, 6.45) is 5.88. The van der Waals surface area contributed by atoms with Gasteiger partial charge in [0.2, 0.25) is 5.91 Å². The van der Waals surface area contributed by atoms with Crippen LogP contribution in [0.25, 0.3) is 10.9 Å². The van der Waals surface area contributed by atoms with Gasteiger partial charge in [-0.2, -0.15) is 5.26 Å². The Bertz CT molecular complexity index is 922. The molecule has 1 aromatic carbocycles. The summed E-state index contributed by atoms with van der Waals surface area (Å²) in [4.78, 5) is 21.1. The monoisotopic (exact) mass is 366 g/mol. The van der Waals surface area contributed by atoms with E-state index in [0.29, 0.717) is 37.1 Å². The Morgan fingerprint density at radius 2 is 1.93 bits per heavy atom. The maximum absolute atomic E-state index is 14.0. The lowest BCUT2D eigenvalue weighted by atomic mass is 10.0. The summed E-state index contributed by atoms with van der Waals surface area (Å²) >= 11 is 0. The number of benzene rings is 1. The maximum Gasteiger partial charge on any atom is 0.225 e. The lowest BCUT2D eigenvalue weighted by Crippen LogP contribution is -2.50. The maximum atomic E-state index is 14.0. The molecule has 0 radical (unpaired) electrons. The van der Waals surface area contributed by atoms with Crippen molar-refractivity contribution in [3.05, 3.63) is 35.3 Å². The van der Waals surface area contributed by atoms with Crippen LogP contribution < -0.4 is 4.90 Å². The summed E-state index contributed by atoms with van der Waals surface area (Å²) in [6, 6.07) is 5.12. The summed E-state index contributed by atoms with van der Waals surface area (Å²) in [6.45, 7) is 4.38. The molecule has 0 bridgehead atoms. The molecule has 6 heteroatoms. The van der Waals surface area contributed by atoms with Crippen LogP contribution in [-0.4, -0.2) is 42.0 Å². The van der Waals surface area contributed by atoms with Gasteiger partial charge in [-0.3, -0.25) is 9.78 Å². The van der Waals surface area contributed by atoms with E-state index >= 15 is 0 Å². The Morgan fingerprint density at radius 3 is 2.59 bits per heavy atom. The normalized spacial score (nSPS) is 18.1. The van der Waals surface area contributed by atoms with E-state index in [1.54, 1.807) is 6.20 Å². The molecule has 1 aromatic heterocycles. The number of rotatable bonds is 2. The molecule has 4 rings (SSSR count). The predicted octanol–water partition coefficient (Wildman–Crippen LogP) is 3.39. The molecule has 2 fully saturated rings. The van der Waals surface area contributed by atoms with Gasteiger partial charge in [-0.15, -0.1) is 0 Å². The minimum atomic E-state index is -0.326. The number of aromatic nitrogens is 1. The number of hydrogen-bond donors (Lipinski definition) is 0. The fraction of sp³-hybridized carbons (Fsp3) is 0.476. The van der Waals surface area contributed by atoms with Gasteiger partial charge in [-0.05, 0) is 37.5 Å². The molecule has 5 nitrogen and oxygen atoms in total. The second-order valence-corrected chi connectivity index (χ2v) is 7.54. The minimum Gasteiger partial charge on any atom is -0.366 e. The third-order valence-corrected chi connectivity index (χ3v) is 5.83. The van der Waals surface area contributed by atoms with Crippen molar-refractivity contribution < 1.29 is 9.18 Å². The van der Waals surface area contributed by atoms with Crippen LogP contribution in [0.2, 0.25) is 0 Å². The number of amides is 1. The number of anilines is 1. The molecule has 2 aliphatic rings. The van der Waals surface area contributed by atoms with E-state index in [-0.39, 0.29) is 17.6 Å². The molecule has 140 valence electrons. The van der Waals surface area contributed by atoms with Gasteiger partial charge in [0, 0.05) is 43.7 Å². The Hall–Kier alpha value is -2.68. The molecule has 1 aliphatic heterocycles. The summed E-state index contributed by atoms with van der Waals surface area (Å²) in [5.41, 5.74) is 2.65. The highest BCUT2D eigenvalue weighted by molar-refractivity contribution is 5.96. The first-order valence-electron chi connectivity index (χ1n) is 9.61. The van der Waals surface area contributed by atoms with Crippen molar-refractivity contribution in [2.75, 3.05) is 31.1 Å². The Balaban J connectivity index is 1.62. The molecule has 2 heterocycles. The summed E-state index contributed by atoms with van der Waals surface area (Å²) < 4.78 is 14.0. The van der Waals surface area contributed by atoms with Crippen molar-refractivity contribution in [2.45, 2.75) is 32.6 Å². The number of hydrogen-bond acceptors (Lipinski definition) is 4. The van der Waals surface area contributed by atoms with Gasteiger partial charge in [-0.1, -0.05) is 12.8 Å². The Labute approximate surface area is 158 Å². The number of nitrogens with zero attached hydrogens (tertiary/aromatic N) is 4. The van der Waals surface area contributed by atoms with Crippen LogP contribution in [0.4, 0.5) is 10.1 Å². The zero-order chi connectivity index (χ0) is 19.0.